The molecule has 0 spiro atoms. The third kappa shape index (κ3) is 55.6. The lowest BCUT2D eigenvalue weighted by Gasteiger charge is -2.18. The van der Waals surface area contributed by atoms with Gasteiger partial charge in [-0.25, -0.2) is 0 Å². The monoisotopic (exact) mass is 963 g/mol. The molecule has 0 N–H and O–H groups in total. The highest BCUT2D eigenvalue weighted by Gasteiger charge is 2.19. The van der Waals surface area contributed by atoms with E-state index in [2.05, 4.69) is 93.7 Å². The van der Waals surface area contributed by atoms with Crippen molar-refractivity contribution in [1.29, 1.82) is 0 Å². The van der Waals surface area contributed by atoms with Crippen molar-refractivity contribution in [3.63, 3.8) is 0 Å². The zero-order valence-corrected chi connectivity index (χ0v) is 45.6. The van der Waals surface area contributed by atoms with Gasteiger partial charge in [-0.3, -0.25) is 14.4 Å². The predicted octanol–water partition coefficient (Wildman–Crippen LogP) is 19.8. The molecule has 0 rings (SSSR count). The predicted molar refractivity (Wildman–Crippen MR) is 298 cm³/mol. The summed E-state index contributed by atoms with van der Waals surface area (Å²) in [6, 6.07) is 0. The van der Waals surface area contributed by atoms with E-state index in [0.717, 1.165) is 103 Å². The van der Waals surface area contributed by atoms with E-state index >= 15 is 0 Å². The highest BCUT2D eigenvalue weighted by molar-refractivity contribution is 5.71. The Morgan fingerprint density at radius 2 is 0.565 bits per heavy atom. The van der Waals surface area contributed by atoms with Crippen LogP contribution in [0.2, 0.25) is 0 Å². The van der Waals surface area contributed by atoms with E-state index in [1.54, 1.807) is 0 Å². The second-order valence-corrected chi connectivity index (χ2v) is 19.5. The average molecular weight is 964 g/mol. The quantitative estimate of drug-likeness (QED) is 0.0262. The van der Waals surface area contributed by atoms with Crippen LogP contribution in [0.25, 0.3) is 0 Å². The van der Waals surface area contributed by atoms with Crippen molar-refractivity contribution in [1.82, 2.24) is 0 Å². The summed E-state index contributed by atoms with van der Waals surface area (Å²) in [6.07, 6.45) is 73.2. The number of carbonyl (C=O) groups excluding carboxylic acids is 3. The fourth-order valence-electron chi connectivity index (χ4n) is 8.29. The molecule has 0 aliphatic heterocycles. The van der Waals surface area contributed by atoms with Crippen LogP contribution in [0.3, 0.4) is 0 Å². The topological polar surface area (TPSA) is 78.9 Å². The first-order valence-corrected chi connectivity index (χ1v) is 29.4. The Morgan fingerprint density at radius 1 is 0.304 bits per heavy atom. The standard InChI is InChI=1S/C63H110O6/c1-4-7-10-13-16-19-22-25-28-30-32-34-35-38-41-44-47-50-53-56-62(65)68-59-60(58-67-61(64)55-52-49-46-43-40-37-27-24-21-18-15-12-9-6-3)69-63(66)57-54-51-48-45-42-39-36-33-31-29-26-23-20-17-14-11-8-5-2/h7,10,16,19,24-25,27-28,32,34,38,41,60H,4-6,8-9,11-15,17-18,20-23,26,29-31,33,35-37,39-40,42-59H2,1-3H3/b10-7+,19-16+,27-24+,28-25+,34-32+,41-38+/t60-/m1/s1. The van der Waals surface area contributed by atoms with E-state index in [1.165, 1.54) is 148 Å². The Bertz CT molecular complexity index is 1290. The summed E-state index contributed by atoms with van der Waals surface area (Å²) >= 11 is 0. The first-order chi connectivity index (χ1) is 34.0. The molecule has 0 amide bonds. The van der Waals surface area contributed by atoms with Crippen molar-refractivity contribution >= 4 is 17.9 Å². The smallest absolute Gasteiger partial charge is 0.306 e. The van der Waals surface area contributed by atoms with Gasteiger partial charge in [0.25, 0.3) is 0 Å². The molecule has 0 aromatic rings. The van der Waals surface area contributed by atoms with Crippen LogP contribution in [-0.4, -0.2) is 37.2 Å². The summed E-state index contributed by atoms with van der Waals surface area (Å²) in [4.78, 5) is 38.2. The van der Waals surface area contributed by atoms with E-state index < -0.39 is 6.10 Å². The number of esters is 3. The maximum Gasteiger partial charge on any atom is 0.306 e. The lowest BCUT2D eigenvalue weighted by molar-refractivity contribution is -0.167. The van der Waals surface area contributed by atoms with Gasteiger partial charge in [-0.15, -0.1) is 0 Å². The molecule has 0 bridgehead atoms. The van der Waals surface area contributed by atoms with Crippen LogP contribution in [-0.2, 0) is 28.6 Å². The minimum absolute atomic E-state index is 0.0881. The summed E-state index contributed by atoms with van der Waals surface area (Å²) in [5.41, 5.74) is 0. The molecule has 6 nitrogen and oxygen atoms in total. The van der Waals surface area contributed by atoms with Crippen molar-refractivity contribution < 1.29 is 28.6 Å². The first kappa shape index (κ1) is 65.8. The second kappa shape index (κ2) is 57.4. The van der Waals surface area contributed by atoms with Gasteiger partial charge in [0.05, 0.1) is 0 Å². The molecular formula is C63H110O6. The van der Waals surface area contributed by atoms with Crippen molar-refractivity contribution in [2.75, 3.05) is 13.2 Å². The van der Waals surface area contributed by atoms with Crippen LogP contribution >= 0.6 is 0 Å². The molecule has 69 heavy (non-hydrogen) atoms. The van der Waals surface area contributed by atoms with Crippen molar-refractivity contribution in [2.45, 2.75) is 297 Å². The van der Waals surface area contributed by atoms with Crippen molar-refractivity contribution in [3.05, 3.63) is 72.9 Å². The summed E-state index contributed by atoms with van der Waals surface area (Å²) < 4.78 is 16.9. The fraction of sp³-hybridized carbons (Fsp3) is 0.762. The molecule has 0 fully saturated rings. The lowest BCUT2D eigenvalue weighted by Crippen LogP contribution is -2.30. The molecule has 0 saturated carbocycles. The van der Waals surface area contributed by atoms with Crippen LogP contribution in [0.4, 0.5) is 0 Å². The van der Waals surface area contributed by atoms with Crippen LogP contribution in [0.15, 0.2) is 72.9 Å². The van der Waals surface area contributed by atoms with Crippen LogP contribution in [0.5, 0.6) is 0 Å². The minimum Gasteiger partial charge on any atom is -0.462 e. The SMILES string of the molecule is CC/C=C/C/C=C/C/C=C/C/C=C/C/C=C/CCCCCC(=O)OC[C@@H](COC(=O)CCCCCCC/C=C/CCCCCCC)OC(=O)CCCCCCCCCCCCCCCCCCCC. The Hall–Kier alpha value is -3.15. The zero-order valence-electron chi connectivity index (χ0n) is 45.6. The highest BCUT2D eigenvalue weighted by Crippen LogP contribution is 2.16. The molecule has 0 aromatic carbocycles. The summed E-state index contributed by atoms with van der Waals surface area (Å²) in [7, 11) is 0. The van der Waals surface area contributed by atoms with Gasteiger partial charge < -0.3 is 14.2 Å². The van der Waals surface area contributed by atoms with E-state index in [9.17, 15) is 14.4 Å². The molecule has 0 radical (unpaired) electrons. The van der Waals surface area contributed by atoms with Gasteiger partial charge >= 0.3 is 17.9 Å². The third-order valence-electron chi connectivity index (χ3n) is 12.7. The largest absolute Gasteiger partial charge is 0.462 e. The molecule has 0 unspecified atom stereocenters. The van der Waals surface area contributed by atoms with Gasteiger partial charge in [0, 0.05) is 19.3 Å². The van der Waals surface area contributed by atoms with Gasteiger partial charge in [0.1, 0.15) is 13.2 Å². The van der Waals surface area contributed by atoms with Crippen LogP contribution < -0.4 is 0 Å². The number of rotatable bonds is 53. The lowest BCUT2D eigenvalue weighted by atomic mass is 10.0. The number of ether oxygens (including phenoxy) is 3. The van der Waals surface area contributed by atoms with E-state index in [0.29, 0.717) is 19.3 Å². The van der Waals surface area contributed by atoms with Crippen molar-refractivity contribution in [3.8, 4) is 0 Å². The minimum atomic E-state index is -0.791. The Kier molecular flexibility index (Phi) is 54.8. The molecule has 0 aliphatic carbocycles. The molecule has 0 saturated heterocycles. The molecule has 6 heteroatoms. The number of hydrogen-bond donors (Lipinski definition) is 0. The number of hydrogen-bond acceptors (Lipinski definition) is 6. The van der Waals surface area contributed by atoms with Gasteiger partial charge in [-0.2, -0.15) is 0 Å². The zero-order chi connectivity index (χ0) is 50.0. The number of carbonyl (C=O) groups is 3. The third-order valence-corrected chi connectivity index (χ3v) is 12.7. The number of unbranched alkanes of at least 4 members (excludes halogenated alkanes) is 30. The number of allylic oxidation sites excluding steroid dienone is 12. The maximum atomic E-state index is 12.9. The first-order valence-electron chi connectivity index (χ1n) is 29.4. The van der Waals surface area contributed by atoms with Gasteiger partial charge in [0.15, 0.2) is 6.10 Å². The van der Waals surface area contributed by atoms with Gasteiger partial charge in [-0.05, 0) is 89.9 Å². The summed E-state index contributed by atoms with van der Waals surface area (Å²) in [6.45, 7) is 6.51. The molecule has 398 valence electrons. The van der Waals surface area contributed by atoms with E-state index in [4.69, 9.17) is 14.2 Å². The molecule has 1 atom stereocenters. The summed E-state index contributed by atoms with van der Waals surface area (Å²) in [5, 5.41) is 0. The van der Waals surface area contributed by atoms with Crippen molar-refractivity contribution in [2.24, 2.45) is 0 Å². The maximum absolute atomic E-state index is 12.9. The Balaban J connectivity index is 4.42. The average Bonchev–Trinajstić information content (AvgIpc) is 3.35. The Morgan fingerprint density at radius 3 is 0.913 bits per heavy atom. The molecule has 0 aromatic heterocycles. The normalized spacial score (nSPS) is 12.6. The summed E-state index contributed by atoms with van der Waals surface area (Å²) in [5.74, 6) is -0.917. The fourth-order valence-corrected chi connectivity index (χ4v) is 8.29. The molecule has 0 aliphatic rings. The molecular weight excluding hydrogens is 853 g/mol. The van der Waals surface area contributed by atoms with Gasteiger partial charge in [0.2, 0.25) is 0 Å². The van der Waals surface area contributed by atoms with Gasteiger partial charge in [-0.1, -0.05) is 254 Å². The van der Waals surface area contributed by atoms with E-state index in [1.807, 2.05) is 0 Å². The molecule has 0 heterocycles. The van der Waals surface area contributed by atoms with Crippen LogP contribution in [0, 0.1) is 0 Å². The highest BCUT2D eigenvalue weighted by atomic mass is 16.6. The second-order valence-electron chi connectivity index (χ2n) is 19.5. The Labute approximate surface area is 427 Å². The van der Waals surface area contributed by atoms with E-state index in [-0.39, 0.29) is 31.1 Å². The van der Waals surface area contributed by atoms with Crippen LogP contribution in [0.1, 0.15) is 290 Å².